The number of likely N-dealkylation sites (N-methyl/N-ethyl adjacent to an activating group) is 1. The van der Waals surface area contributed by atoms with Crippen molar-refractivity contribution in [3.8, 4) is 5.75 Å². The molecule has 1 aromatic carbocycles. The molecule has 0 bridgehead atoms. The van der Waals surface area contributed by atoms with E-state index < -0.39 is 6.09 Å². The molecule has 2 aliphatic heterocycles. The zero-order valence-corrected chi connectivity index (χ0v) is 13.0. The standard InChI is InChI=1S/C16H18N2O5/c1-17(8-14(20)22-2)7-11-6-10-4-3-5-13(19)15(10)12-9-23-16(21)18(11)12/h3-6,12,19H,7-9H2,1-2H3/t12-/m0/s1. The summed E-state index contributed by atoms with van der Waals surface area (Å²) in [5, 5.41) is 10.1. The molecule has 1 fully saturated rings. The van der Waals surface area contributed by atoms with Crippen molar-refractivity contribution in [2.75, 3.05) is 33.9 Å². The number of amides is 1. The zero-order chi connectivity index (χ0) is 16.6. The molecule has 122 valence electrons. The van der Waals surface area contributed by atoms with Crippen molar-refractivity contribution in [2.24, 2.45) is 0 Å². The Hall–Kier alpha value is -2.54. The summed E-state index contributed by atoms with van der Waals surface area (Å²) in [6.07, 6.45) is 1.40. The van der Waals surface area contributed by atoms with Crippen molar-refractivity contribution in [3.63, 3.8) is 0 Å². The van der Waals surface area contributed by atoms with Gasteiger partial charge in [-0.1, -0.05) is 12.1 Å². The largest absolute Gasteiger partial charge is 0.508 e. The lowest BCUT2D eigenvalue weighted by Gasteiger charge is -2.32. The SMILES string of the molecule is COC(=O)CN(C)CC1=Cc2cccc(O)c2[C@@H]2COC(=O)N12. The number of aromatic hydroxyl groups is 1. The van der Waals surface area contributed by atoms with Crippen LogP contribution in [0, 0.1) is 0 Å². The van der Waals surface area contributed by atoms with Crippen LogP contribution in [0.4, 0.5) is 4.79 Å². The van der Waals surface area contributed by atoms with Gasteiger partial charge in [0.2, 0.25) is 0 Å². The molecule has 2 heterocycles. The fourth-order valence-electron chi connectivity index (χ4n) is 3.00. The smallest absolute Gasteiger partial charge is 0.414 e. The summed E-state index contributed by atoms with van der Waals surface area (Å²) < 4.78 is 9.80. The van der Waals surface area contributed by atoms with Crippen LogP contribution < -0.4 is 0 Å². The van der Waals surface area contributed by atoms with Crippen LogP contribution in [-0.4, -0.2) is 60.8 Å². The van der Waals surface area contributed by atoms with Gasteiger partial charge in [0.05, 0.1) is 13.7 Å². The molecule has 1 N–H and O–H groups in total. The van der Waals surface area contributed by atoms with E-state index in [0.717, 1.165) is 11.3 Å². The van der Waals surface area contributed by atoms with Crippen LogP contribution in [0.1, 0.15) is 17.2 Å². The monoisotopic (exact) mass is 318 g/mol. The number of methoxy groups -OCH3 is 1. The Morgan fingerprint density at radius 3 is 3.04 bits per heavy atom. The molecule has 1 atom stereocenters. The van der Waals surface area contributed by atoms with Gasteiger partial charge in [0, 0.05) is 17.8 Å². The van der Waals surface area contributed by atoms with Gasteiger partial charge < -0.3 is 14.6 Å². The van der Waals surface area contributed by atoms with E-state index in [1.54, 1.807) is 24.1 Å². The Kier molecular flexibility index (Phi) is 3.96. The predicted molar refractivity (Wildman–Crippen MR) is 81.5 cm³/mol. The first-order valence-corrected chi connectivity index (χ1v) is 7.25. The Balaban J connectivity index is 1.92. The highest BCUT2D eigenvalue weighted by molar-refractivity contribution is 5.79. The van der Waals surface area contributed by atoms with Crippen LogP contribution in [-0.2, 0) is 14.3 Å². The number of carbonyl (C=O) groups is 2. The van der Waals surface area contributed by atoms with Crippen molar-refractivity contribution >= 4 is 18.1 Å². The Morgan fingerprint density at radius 2 is 2.30 bits per heavy atom. The van der Waals surface area contributed by atoms with E-state index in [1.165, 1.54) is 12.0 Å². The number of hydrogen-bond donors (Lipinski definition) is 1. The molecular weight excluding hydrogens is 300 g/mol. The summed E-state index contributed by atoms with van der Waals surface area (Å²) in [6, 6.07) is 4.90. The number of nitrogens with zero attached hydrogens (tertiary/aromatic N) is 2. The lowest BCUT2D eigenvalue weighted by atomic mass is 9.94. The predicted octanol–water partition coefficient (Wildman–Crippen LogP) is 1.34. The molecule has 7 heteroatoms. The van der Waals surface area contributed by atoms with Gasteiger partial charge in [-0.05, 0) is 24.8 Å². The van der Waals surface area contributed by atoms with Gasteiger partial charge in [-0.25, -0.2) is 4.79 Å². The first kappa shape index (κ1) is 15.4. The molecule has 7 nitrogen and oxygen atoms in total. The fraction of sp³-hybridized carbons (Fsp3) is 0.375. The average Bonchev–Trinajstić information content (AvgIpc) is 2.89. The maximum atomic E-state index is 12.1. The Labute approximate surface area is 133 Å². The molecule has 0 saturated carbocycles. The number of hydrogen-bond acceptors (Lipinski definition) is 6. The summed E-state index contributed by atoms with van der Waals surface area (Å²) in [5.74, 6) is -0.198. The third kappa shape index (κ3) is 2.75. The van der Waals surface area contributed by atoms with E-state index >= 15 is 0 Å². The van der Waals surface area contributed by atoms with E-state index in [9.17, 15) is 14.7 Å². The molecule has 1 aromatic rings. The van der Waals surface area contributed by atoms with Crippen LogP contribution >= 0.6 is 0 Å². The number of phenolic OH excluding ortho intramolecular Hbond substituents is 1. The normalized spacial score (nSPS) is 19.1. The Morgan fingerprint density at radius 1 is 1.52 bits per heavy atom. The van der Waals surface area contributed by atoms with Crippen molar-refractivity contribution in [1.82, 2.24) is 9.80 Å². The van der Waals surface area contributed by atoms with Gasteiger partial charge in [-0.15, -0.1) is 0 Å². The summed E-state index contributed by atoms with van der Waals surface area (Å²) in [7, 11) is 3.11. The third-order valence-corrected chi connectivity index (χ3v) is 4.01. The average molecular weight is 318 g/mol. The Bertz CT molecular complexity index is 685. The highest BCUT2D eigenvalue weighted by Crippen LogP contribution is 2.42. The van der Waals surface area contributed by atoms with E-state index in [-0.39, 0.29) is 30.9 Å². The van der Waals surface area contributed by atoms with Crippen LogP contribution in [0.5, 0.6) is 5.75 Å². The molecule has 1 amide bonds. The van der Waals surface area contributed by atoms with Crippen LogP contribution in [0.3, 0.4) is 0 Å². The van der Waals surface area contributed by atoms with Crippen molar-refractivity contribution in [2.45, 2.75) is 6.04 Å². The molecule has 0 unspecified atom stereocenters. The van der Waals surface area contributed by atoms with Crippen LogP contribution in [0.2, 0.25) is 0 Å². The molecule has 1 saturated heterocycles. The van der Waals surface area contributed by atoms with Gasteiger partial charge in [-0.2, -0.15) is 0 Å². The molecular formula is C16H18N2O5. The summed E-state index contributed by atoms with van der Waals surface area (Å²) in [6.45, 7) is 0.700. The van der Waals surface area contributed by atoms with Crippen molar-refractivity contribution in [1.29, 1.82) is 0 Å². The fourth-order valence-corrected chi connectivity index (χ4v) is 3.00. The minimum absolute atomic E-state index is 0.119. The van der Waals surface area contributed by atoms with Crippen molar-refractivity contribution in [3.05, 3.63) is 35.0 Å². The lowest BCUT2D eigenvalue weighted by Crippen LogP contribution is -2.37. The number of phenols is 1. The summed E-state index contributed by atoms with van der Waals surface area (Å²) in [5.41, 5.74) is 2.27. The number of ether oxygens (including phenoxy) is 2. The summed E-state index contributed by atoms with van der Waals surface area (Å²) >= 11 is 0. The quantitative estimate of drug-likeness (QED) is 0.844. The molecule has 0 radical (unpaired) electrons. The van der Waals surface area contributed by atoms with E-state index in [0.29, 0.717) is 12.1 Å². The van der Waals surface area contributed by atoms with E-state index in [1.807, 2.05) is 12.1 Å². The number of benzene rings is 1. The highest BCUT2D eigenvalue weighted by Gasteiger charge is 2.41. The van der Waals surface area contributed by atoms with E-state index in [4.69, 9.17) is 4.74 Å². The molecule has 3 rings (SSSR count). The second-order valence-corrected chi connectivity index (χ2v) is 5.63. The van der Waals surface area contributed by atoms with Crippen molar-refractivity contribution < 1.29 is 24.2 Å². The van der Waals surface area contributed by atoms with Gasteiger partial charge >= 0.3 is 12.1 Å². The minimum Gasteiger partial charge on any atom is -0.508 e. The maximum absolute atomic E-state index is 12.1. The lowest BCUT2D eigenvalue weighted by molar-refractivity contribution is -0.141. The van der Waals surface area contributed by atoms with Crippen LogP contribution in [0.25, 0.3) is 6.08 Å². The number of fused-ring (bicyclic) bond motifs is 3. The molecule has 0 aliphatic carbocycles. The molecule has 0 aromatic heterocycles. The maximum Gasteiger partial charge on any atom is 0.414 e. The van der Waals surface area contributed by atoms with Gasteiger partial charge in [0.25, 0.3) is 0 Å². The van der Waals surface area contributed by atoms with Crippen LogP contribution in [0.15, 0.2) is 23.9 Å². The summed E-state index contributed by atoms with van der Waals surface area (Å²) in [4.78, 5) is 26.7. The molecule has 0 spiro atoms. The molecule has 23 heavy (non-hydrogen) atoms. The zero-order valence-electron chi connectivity index (χ0n) is 13.0. The van der Waals surface area contributed by atoms with Gasteiger partial charge in [0.15, 0.2) is 0 Å². The topological polar surface area (TPSA) is 79.3 Å². The third-order valence-electron chi connectivity index (χ3n) is 4.01. The highest BCUT2D eigenvalue weighted by atomic mass is 16.6. The molecule has 2 aliphatic rings. The number of carbonyl (C=O) groups excluding carboxylic acids is 2. The second-order valence-electron chi connectivity index (χ2n) is 5.63. The first-order chi connectivity index (χ1) is 11.0. The first-order valence-electron chi connectivity index (χ1n) is 7.25. The number of esters is 1. The van der Waals surface area contributed by atoms with E-state index in [2.05, 4.69) is 4.74 Å². The minimum atomic E-state index is -0.443. The van der Waals surface area contributed by atoms with Gasteiger partial charge in [0.1, 0.15) is 18.4 Å². The number of rotatable bonds is 4. The van der Waals surface area contributed by atoms with Gasteiger partial charge in [-0.3, -0.25) is 14.6 Å². The second kappa shape index (κ2) is 5.92. The number of cyclic esters (lactones) is 1.